The highest BCUT2D eigenvalue weighted by atomic mass is 35.5. The summed E-state index contributed by atoms with van der Waals surface area (Å²) in [5.74, 6) is 0. The number of hydrogen-bond donors (Lipinski definition) is 0. The molecule has 0 atom stereocenters. The van der Waals surface area contributed by atoms with Gasteiger partial charge in [-0.1, -0.05) is 153 Å². The van der Waals surface area contributed by atoms with E-state index in [9.17, 15) is 0 Å². The van der Waals surface area contributed by atoms with Crippen molar-refractivity contribution in [3.05, 3.63) is 141 Å². The van der Waals surface area contributed by atoms with Crippen LogP contribution >= 0.6 is 34.7 Å². The summed E-state index contributed by atoms with van der Waals surface area (Å²) in [5.41, 5.74) is 7.18. The Morgan fingerprint density at radius 3 is 2.22 bits per heavy atom. The van der Waals surface area contributed by atoms with E-state index in [1.165, 1.54) is 102 Å². The van der Waals surface area contributed by atoms with Gasteiger partial charge in [0.1, 0.15) is 4.70 Å². The zero-order chi connectivity index (χ0) is 34.0. The van der Waals surface area contributed by atoms with E-state index in [1.807, 2.05) is 23.1 Å². The van der Waals surface area contributed by atoms with E-state index in [1.54, 1.807) is 0 Å². The van der Waals surface area contributed by atoms with Crippen LogP contribution in [0.3, 0.4) is 0 Å². The van der Waals surface area contributed by atoms with Crippen molar-refractivity contribution in [3.63, 3.8) is 0 Å². The number of unbranched alkanes of at least 4 members (excludes halogenated alkanes) is 4. The van der Waals surface area contributed by atoms with Crippen LogP contribution in [0.2, 0.25) is 0 Å². The standard InChI is InChI=1S/C45H42ClN2S2/c1-3-5-13-29-47-39-25-21-31-15-7-9-17-33(31)44(39)49-41(47)27-23-37-35-19-11-12-20-36(35)38(43(37)46)24-28-42-48(30-14-6-4-2)40-26-22-32-16-8-10-18-34(32)45(40)50-42/h7-12,15-28H,3-6,13-14,29-30H2,1-2H3/q+1. The van der Waals surface area contributed by atoms with Crippen molar-refractivity contribution in [3.8, 4) is 0 Å². The summed E-state index contributed by atoms with van der Waals surface area (Å²) >= 11 is 11.1. The lowest BCUT2D eigenvalue weighted by atomic mass is 10.0. The summed E-state index contributed by atoms with van der Waals surface area (Å²) in [7, 11) is 0. The zero-order valence-corrected chi connectivity index (χ0v) is 31.2. The highest BCUT2D eigenvalue weighted by Gasteiger charge is 2.28. The number of halogens is 1. The normalized spacial score (nSPS) is 15.9. The smallest absolute Gasteiger partial charge is 0.262 e. The maximum Gasteiger partial charge on any atom is 0.262 e. The van der Waals surface area contributed by atoms with Gasteiger partial charge in [-0.05, 0) is 64.4 Å². The number of thioether (sulfide) groups is 1. The lowest BCUT2D eigenvalue weighted by Gasteiger charge is -2.20. The zero-order valence-electron chi connectivity index (χ0n) is 28.8. The van der Waals surface area contributed by atoms with Crippen molar-refractivity contribution >= 4 is 89.4 Å². The molecule has 0 unspecified atom stereocenters. The first-order valence-corrected chi connectivity index (χ1v) is 20.1. The van der Waals surface area contributed by atoms with Gasteiger partial charge in [0.25, 0.3) is 5.01 Å². The summed E-state index contributed by atoms with van der Waals surface area (Å²) in [4.78, 5) is 3.87. The Hall–Kier alpha value is -4.09. The molecule has 8 rings (SSSR count). The molecule has 0 bridgehead atoms. The highest BCUT2D eigenvalue weighted by Crippen LogP contribution is 2.50. The molecule has 0 N–H and O–H groups in total. The van der Waals surface area contributed by atoms with Crippen LogP contribution in [-0.4, -0.2) is 6.54 Å². The van der Waals surface area contributed by atoms with Gasteiger partial charge in [0.2, 0.25) is 5.52 Å². The second kappa shape index (κ2) is 14.6. The summed E-state index contributed by atoms with van der Waals surface area (Å²) in [5, 5.41) is 8.56. The Balaban J connectivity index is 1.18. The Labute approximate surface area is 309 Å². The van der Waals surface area contributed by atoms with Crippen LogP contribution in [0.15, 0.2) is 130 Å². The van der Waals surface area contributed by atoms with Crippen molar-refractivity contribution in [2.24, 2.45) is 0 Å². The van der Waals surface area contributed by atoms with Crippen molar-refractivity contribution < 1.29 is 4.57 Å². The van der Waals surface area contributed by atoms with Gasteiger partial charge in [-0.3, -0.25) is 0 Å². The van der Waals surface area contributed by atoms with Gasteiger partial charge in [0.15, 0.2) is 6.54 Å². The molecule has 1 aromatic heterocycles. The van der Waals surface area contributed by atoms with E-state index >= 15 is 0 Å². The number of anilines is 1. The molecule has 5 aromatic carbocycles. The highest BCUT2D eigenvalue weighted by molar-refractivity contribution is 8.04. The quantitative estimate of drug-likeness (QED) is 0.0976. The molecule has 250 valence electrons. The Morgan fingerprint density at radius 1 is 0.700 bits per heavy atom. The number of aryl methyl sites for hydroxylation is 1. The Kier molecular flexibility index (Phi) is 9.68. The number of hydrogen-bond acceptors (Lipinski definition) is 3. The average molecular weight is 710 g/mol. The summed E-state index contributed by atoms with van der Waals surface area (Å²) < 4.78 is 3.87. The van der Waals surface area contributed by atoms with Crippen molar-refractivity contribution in [1.29, 1.82) is 0 Å². The molecule has 0 saturated heterocycles. The second-order valence-electron chi connectivity index (χ2n) is 13.2. The third kappa shape index (κ3) is 6.12. The van der Waals surface area contributed by atoms with Gasteiger partial charge < -0.3 is 4.90 Å². The summed E-state index contributed by atoms with van der Waals surface area (Å²) in [6.45, 7) is 6.57. The number of nitrogens with zero attached hydrogens (tertiary/aromatic N) is 2. The van der Waals surface area contributed by atoms with Gasteiger partial charge in [-0.2, -0.15) is 4.57 Å². The number of allylic oxidation sites excluding steroid dienone is 6. The molecule has 6 aromatic rings. The van der Waals surface area contributed by atoms with E-state index in [0.717, 1.165) is 29.3 Å². The van der Waals surface area contributed by atoms with Crippen LogP contribution in [0.5, 0.6) is 0 Å². The maximum atomic E-state index is 7.37. The summed E-state index contributed by atoms with van der Waals surface area (Å²) in [6.07, 6.45) is 16.3. The van der Waals surface area contributed by atoms with Crippen LogP contribution < -0.4 is 9.47 Å². The Bertz CT molecular complexity index is 2360. The molecular weight excluding hydrogens is 668 g/mol. The fourth-order valence-corrected chi connectivity index (χ4v) is 10.2. The molecule has 2 nitrogen and oxygen atoms in total. The monoisotopic (exact) mass is 709 g/mol. The predicted octanol–water partition coefficient (Wildman–Crippen LogP) is 13.4. The van der Waals surface area contributed by atoms with E-state index in [2.05, 4.69) is 145 Å². The van der Waals surface area contributed by atoms with Gasteiger partial charge in [0, 0.05) is 46.5 Å². The molecule has 0 saturated carbocycles. The topological polar surface area (TPSA) is 7.12 Å². The van der Waals surface area contributed by atoms with Gasteiger partial charge in [-0.15, -0.1) is 0 Å². The van der Waals surface area contributed by atoms with Crippen molar-refractivity contribution in [1.82, 2.24) is 0 Å². The molecule has 50 heavy (non-hydrogen) atoms. The third-order valence-electron chi connectivity index (χ3n) is 9.98. The SMILES string of the molecule is CCCCCN1/C(=C/C=C2C(Cl)=C(/C=C/c3sc4c5ccccc5ccc4[n+]3CCCCC)c3ccccc3/2)Sc2c1ccc1ccccc21. The second-order valence-corrected chi connectivity index (χ2v) is 15.7. The molecule has 2 heterocycles. The van der Waals surface area contributed by atoms with Crippen LogP contribution in [0.4, 0.5) is 5.69 Å². The average Bonchev–Trinajstić information content (AvgIpc) is 3.78. The number of benzene rings is 5. The minimum Gasteiger partial charge on any atom is -0.335 e. The number of rotatable bonds is 11. The molecule has 1 aliphatic heterocycles. The first kappa shape index (κ1) is 33.1. The lowest BCUT2D eigenvalue weighted by Crippen LogP contribution is -2.35. The molecular formula is C45H42ClN2S2+. The van der Waals surface area contributed by atoms with Crippen LogP contribution in [0.1, 0.15) is 68.5 Å². The maximum absolute atomic E-state index is 7.37. The minimum atomic E-state index is 0.812. The first-order valence-electron chi connectivity index (χ1n) is 18.1. The number of thiazole rings is 1. The van der Waals surface area contributed by atoms with E-state index in [4.69, 9.17) is 11.6 Å². The van der Waals surface area contributed by atoms with E-state index < -0.39 is 0 Å². The van der Waals surface area contributed by atoms with Crippen molar-refractivity contribution in [2.45, 2.75) is 63.8 Å². The van der Waals surface area contributed by atoms with E-state index in [0.29, 0.717) is 0 Å². The fourth-order valence-electron chi connectivity index (χ4n) is 7.38. The van der Waals surface area contributed by atoms with Gasteiger partial charge >= 0.3 is 0 Å². The van der Waals surface area contributed by atoms with Crippen molar-refractivity contribution in [2.75, 3.05) is 11.4 Å². The molecule has 0 spiro atoms. The number of aromatic nitrogens is 1. The van der Waals surface area contributed by atoms with Crippen LogP contribution in [0, 0.1) is 0 Å². The fraction of sp³-hybridized carbons (Fsp3) is 0.222. The first-order chi connectivity index (χ1) is 24.7. The largest absolute Gasteiger partial charge is 0.335 e. The Morgan fingerprint density at radius 2 is 1.40 bits per heavy atom. The van der Waals surface area contributed by atoms with Gasteiger partial charge in [0.05, 0.1) is 15.7 Å². The molecule has 0 radical (unpaired) electrons. The molecule has 0 amide bonds. The lowest BCUT2D eigenvalue weighted by molar-refractivity contribution is -0.669. The molecule has 5 heteroatoms. The minimum absolute atomic E-state index is 0.812. The molecule has 2 aliphatic rings. The van der Waals surface area contributed by atoms with E-state index in [-0.39, 0.29) is 0 Å². The molecule has 0 fully saturated rings. The predicted molar refractivity (Wildman–Crippen MR) is 220 cm³/mol. The third-order valence-corrected chi connectivity index (χ3v) is 12.8. The van der Waals surface area contributed by atoms with Crippen LogP contribution in [-0.2, 0) is 6.54 Å². The van der Waals surface area contributed by atoms with Gasteiger partial charge in [-0.25, -0.2) is 0 Å². The molecule has 1 aliphatic carbocycles. The van der Waals surface area contributed by atoms with Crippen LogP contribution in [0.25, 0.3) is 49.0 Å². The number of fused-ring (bicyclic) bond motifs is 7. The summed E-state index contributed by atoms with van der Waals surface area (Å²) in [6, 6.07) is 35.3.